The van der Waals surface area contributed by atoms with Gasteiger partial charge in [0.05, 0.1) is 25.0 Å². The smallest absolute Gasteiger partial charge is 0.383 e. The molecule has 10 heteroatoms. The molecule has 0 amide bonds. The van der Waals surface area contributed by atoms with Crippen LogP contribution in [0.3, 0.4) is 0 Å². The van der Waals surface area contributed by atoms with Crippen LogP contribution >= 0.6 is 55.1 Å². The van der Waals surface area contributed by atoms with Gasteiger partial charge in [-0.05, 0) is 18.6 Å². The van der Waals surface area contributed by atoms with Crippen molar-refractivity contribution < 1.29 is 13.2 Å². The maximum absolute atomic E-state index is 12.8. The van der Waals surface area contributed by atoms with E-state index in [1.54, 1.807) is 6.20 Å². The highest BCUT2D eigenvalue weighted by Crippen LogP contribution is 2.63. The maximum atomic E-state index is 12.8. The zero-order chi connectivity index (χ0) is 17.2. The van der Waals surface area contributed by atoms with Gasteiger partial charge in [0.2, 0.25) is 0 Å². The zero-order valence-electron chi connectivity index (χ0n) is 11.1. The first-order chi connectivity index (χ1) is 10.5. The van der Waals surface area contributed by atoms with Crippen LogP contribution in [-0.2, 0) is 6.18 Å². The van der Waals surface area contributed by atoms with Gasteiger partial charge in [-0.2, -0.15) is 18.3 Å². The summed E-state index contributed by atoms with van der Waals surface area (Å²) in [5, 5.41) is 3.78. The Labute approximate surface area is 156 Å². The Morgan fingerprint density at radius 1 is 1.26 bits per heavy atom. The number of hydrogen-bond acceptors (Lipinski definition) is 2. The lowest BCUT2D eigenvalue weighted by molar-refractivity contribution is -0.137. The van der Waals surface area contributed by atoms with Crippen LogP contribution in [0.25, 0.3) is 5.69 Å². The van der Waals surface area contributed by atoms with Crippen molar-refractivity contribution in [2.45, 2.75) is 21.7 Å². The van der Waals surface area contributed by atoms with Gasteiger partial charge in [-0.1, -0.05) is 55.1 Å². The van der Waals surface area contributed by atoms with Crippen LogP contribution in [-0.4, -0.2) is 13.0 Å². The number of nitrogen functional groups attached to an aromatic ring is 1. The van der Waals surface area contributed by atoms with Crippen molar-refractivity contribution in [2.75, 3.05) is 5.73 Å². The summed E-state index contributed by atoms with van der Waals surface area (Å²) in [6.45, 7) is 0. The molecule has 0 saturated heterocycles. The predicted octanol–water partition coefficient (Wildman–Crippen LogP) is 5.75. The first-order valence-corrected chi connectivity index (χ1v) is 8.64. The third-order valence-corrected chi connectivity index (χ3v) is 5.92. The van der Waals surface area contributed by atoms with Crippen molar-refractivity contribution >= 4 is 60.9 Å². The third-order valence-electron chi connectivity index (χ3n) is 3.59. The molecule has 1 aliphatic rings. The Kier molecular flexibility index (Phi) is 4.19. The number of hydrogen-bond donors (Lipinski definition) is 1. The number of alkyl halides is 5. The molecule has 2 N–H and O–H groups in total. The molecular weight excluding hydrogens is 486 g/mol. The lowest BCUT2D eigenvalue weighted by Gasteiger charge is -2.13. The van der Waals surface area contributed by atoms with Gasteiger partial charge in [0.15, 0.2) is 0 Å². The average Bonchev–Trinajstić information content (AvgIpc) is 2.86. The second kappa shape index (κ2) is 5.54. The minimum absolute atomic E-state index is 0.114. The molecule has 1 heterocycles. The van der Waals surface area contributed by atoms with Crippen molar-refractivity contribution in [1.29, 1.82) is 0 Å². The van der Waals surface area contributed by atoms with Crippen molar-refractivity contribution in [3.63, 3.8) is 0 Å². The van der Waals surface area contributed by atoms with Crippen molar-refractivity contribution in [2.24, 2.45) is 0 Å². The number of nitrogens with zero attached hydrogens (tertiary/aromatic N) is 2. The molecule has 1 aromatic heterocycles. The summed E-state index contributed by atoms with van der Waals surface area (Å²) >= 11 is 19.0. The minimum Gasteiger partial charge on any atom is -0.383 e. The number of rotatable bonds is 2. The Hall–Kier alpha value is -0.440. The molecule has 0 bridgehead atoms. The molecule has 1 saturated carbocycles. The Morgan fingerprint density at radius 3 is 2.22 bits per heavy atom. The van der Waals surface area contributed by atoms with Crippen molar-refractivity contribution in [1.82, 2.24) is 9.78 Å². The van der Waals surface area contributed by atoms with E-state index in [1.165, 1.54) is 4.68 Å². The first-order valence-electron chi connectivity index (χ1n) is 6.30. The van der Waals surface area contributed by atoms with Gasteiger partial charge in [0, 0.05) is 11.5 Å². The van der Waals surface area contributed by atoms with Crippen LogP contribution in [0, 0.1) is 0 Å². The van der Waals surface area contributed by atoms with Crippen molar-refractivity contribution in [3.05, 3.63) is 39.5 Å². The van der Waals surface area contributed by atoms with Crippen LogP contribution in [0.5, 0.6) is 0 Å². The lowest BCUT2D eigenvalue weighted by atomic mass is 10.2. The van der Waals surface area contributed by atoms with Gasteiger partial charge in [-0.3, -0.25) is 0 Å². The second-order valence-electron chi connectivity index (χ2n) is 5.20. The summed E-state index contributed by atoms with van der Waals surface area (Å²) in [5.74, 6) is 0.405. The molecule has 0 radical (unpaired) electrons. The normalized spacial score (nSPS) is 19.9. The molecule has 1 aliphatic carbocycles. The monoisotopic (exact) mass is 491 g/mol. The second-order valence-corrected chi connectivity index (χ2v) is 9.91. The van der Waals surface area contributed by atoms with E-state index in [2.05, 4.69) is 37.0 Å². The van der Waals surface area contributed by atoms with Gasteiger partial charge in [-0.15, -0.1) is 0 Å². The summed E-state index contributed by atoms with van der Waals surface area (Å²) in [6, 6.07) is 1.61. The summed E-state index contributed by atoms with van der Waals surface area (Å²) in [7, 11) is 0. The topological polar surface area (TPSA) is 43.8 Å². The molecule has 1 fully saturated rings. The summed E-state index contributed by atoms with van der Waals surface area (Å²) in [6.07, 6.45) is -2.15. The summed E-state index contributed by atoms with van der Waals surface area (Å²) < 4.78 is 39.4. The fraction of sp³-hybridized carbons (Fsp3) is 0.308. The Balaban J connectivity index is 2.07. The van der Waals surface area contributed by atoms with E-state index in [-0.39, 0.29) is 24.9 Å². The van der Waals surface area contributed by atoms with Crippen LogP contribution in [0.2, 0.25) is 10.0 Å². The lowest BCUT2D eigenvalue weighted by Crippen LogP contribution is -2.09. The maximum Gasteiger partial charge on any atom is 0.416 e. The fourth-order valence-electron chi connectivity index (χ4n) is 2.30. The van der Waals surface area contributed by atoms with Crippen LogP contribution in [0.15, 0.2) is 18.3 Å². The number of halogens is 7. The highest BCUT2D eigenvalue weighted by molar-refractivity contribution is 9.25. The first kappa shape index (κ1) is 17.4. The molecule has 3 nitrogen and oxygen atoms in total. The van der Waals surface area contributed by atoms with E-state index in [4.69, 9.17) is 28.9 Å². The zero-order valence-corrected chi connectivity index (χ0v) is 15.8. The van der Waals surface area contributed by atoms with Gasteiger partial charge in [0.1, 0.15) is 11.5 Å². The Morgan fingerprint density at radius 2 is 1.78 bits per heavy atom. The molecule has 1 unspecified atom stereocenters. The molecule has 3 rings (SSSR count). The van der Waals surface area contributed by atoms with E-state index in [0.29, 0.717) is 5.82 Å². The molecule has 0 spiro atoms. The van der Waals surface area contributed by atoms with E-state index in [9.17, 15) is 13.2 Å². The van der Waals surface area contributed by atoms with Gasteiger partial charge in [0.25, 0.3) is 0 Å². The number of nitrogens with two attached hydrogens (primary N) is 1. The molecule has 1 aromatic carbocycles. The summed E-state index contributed by atoms with van der Waals surface area (Å²) in [5.41, 5.74) is 6.05. The van der Waals surface area contributed by atoms with Crippen molar-refractivity contribution in [3.8, 4) is 5.69 Å². The average molecular weight is 494 g/mol. The van der Waals surface area contributed by atoms with Crippen LogP contribution in [0.4, 0.5) is 19.0 Å². The highest BCUT2D eigenvalue weighted by atomic mass is 79.9. The summed E-state index contributed by atoms with van der Waals surface area (Å²) in [4.78, 5) is 0. The standard InChI is InChI=1S/C13H8Br2Cl2F3N3/c14-12(15)3-7(12)6-4-22-23(11(6)21)10-8(16)1-5(2-9(10)17)13(18,19)20/h1-2,4,7H,3,21H2. The molecule has 23 heavy (non-hydrogen) atoms. The molecule has 2 aromatic rings. The predicted molar refractivity (Wildman–Crippen MR) is 90.9 cm³/mol. The SMILES string of the molecule is Nc1c(C2CC2(Br)Br)cnn1-c1c(Cl)cc(C(F)(F)F)cc1Cl. The van der Waals surface area contributed by atoms with Gasteiger partial charge >= 0.3 is 6.18 Å². The van der Waals surface area contributed by atoms with Crippen LogP contribution < -0.4 is 5.73 Å². The van der Waals surface area contributed by atoms with Gasteiger partial charge in [-0.25, -0.2) is 4.68 Å². The highest BCUT2D eigenvalue weighted by Gasteiger charge is 2.52. The molecule has 124 valence electrons. The van der Waals surface area contributed by atoms with E-state index in [1.807, 2.05) is 0 Å². The number of anilines is 1. The quantitative estimate of drug-likeness (QED) is 0.541. The third kappa shape index (κ3) is 3.10. The van der Waals surface area contributed by atoms with Gasteiger partial charge < -0.3 is 5.73 Å². The Bertz CT molecular complexity index is 766. The molecule has 0 aliphatic heterocycles. The number of benzene rings is 1. The molecular formula is C13H8Br2Cl2F3N3. The number of aromatic nitrogens is 2. The minimum atomic E-state index is -4.54. The molecule has 1 atom stereocenters. The fourth-order valence-corrected chi connectivity index (χ4v) is 4.09. The van der Waals surface area contributed by atoms with E-state index in [0.717, 1.165) is 24.1 Å². The largest absolute Gasteiger partial charge is 0.416 e. The van der Waals surface area contributed by atoms with E-state index >= 15 is 0 Å². The van der Waals surface area contributed by atoms with Crippen LogP contribution in [0.1, 0.15) is 23.5 Å². The van der Waals surface area contributed by atoms with E-state index < -0.39 is 11.7 Å².